The molecule has 4 heteroatoms. The van der Waals surface area contributed by atoms with Gasteiger partial charge in [-0.2, -0.15) is 0 Å². The molecule has 2 rings (SSSR count). The van der Waals surface area contributed by atoms with E-state index in [-0.39, 0.29) is 10.4 Å². The molecule has 0 aliphatic heterocycles. The summed E-state index contributed by atoms with van der Waals surface area (Å²) < 4.78 is 17.5. The fourth-order valence-electron chi connectivity index (χ4n) is 1.13. The molecule has 0 bridgehead atoms. The topological polar surface area (TPSA) is 30.2 Å². The maximum Gasteiger partial charge on any atom is 0.343 e. The van der Waals surface area contributed by atoms with Gasteiger partial charge in [-0.1, -0.05) is 11.6 Å². The van der Waals surface area contributed by atoms with Crippen LogP contribution in [0.15, 0.2) is 33.7 Å². The van der Waals surface area contributed by atoms with Gasteiger partial charge in [0, 0.05) is 5.39 Å². The van der Waals surface area contributed by atoms with Crippen LogP contribution in [0.4, 0.5) is 4.39 Å². The van der Waals surface area contributed by atoms with E-state index in [4.69, 9.17) is 11.6 Å². The van der Waals surface area contributed by atoms with E-state index in [9.17, 15) is 9.18 Å². The summed E-state index contributed by atoms with van der Waals surface area (Å²) in [5, 5.41) is 0.609. The summed E-state index contributed by atoms with van der Waals surface area (Å²) in [5.74, 6) is -0.542. The first-order chi connectivity index (χ1) is 6.20. The van der Waals surface area contributed by atoms with Gasteiger partial charge in [0.25, 0.3) is 0 Å². The van der Waals surface area contributed by atoms with Crippen LogP contribution >= 0.6 is 11.6 Å². The molecule has 66 valence electrons. The van der Waals surface area contributed by atoms with Crippen LogP contribution in [0, 0.1) is 5.82 Å². The first-order valence-corrected chi connectivity index (χ1v) is 3.93. The number of rotatable bonds is 0. The zero-order valence-corrected chi connectivity index (χ0v) is 7.14. The van der Waals surface area contributed by atoms with Crippen molar-refractivity contribution in [2.75, 3.05) is 0 Å². The van der Waals surface area contributed by atoms with Gasteiger partial charge in [-0.15, -0.1) is 0 Å². The van der Waals surface area contributed by atoms with E-state index in [1.807, 2.05) is 0 Å². The molecular formula is C9H4ClFO2. The van der Waals surface area contributed by atoms with Crippen LogP contribution < -0.4 is 5.63 Å². The largest absolute Gasteiger partial charge is 0.431 e. The van der Waals surface area contributed by atoms with E-state index in [1.165, 1.54) is 18.4 Å². The Kier molecular flexibility index (Phi) is 1.81. The molecule has 0 fully saturated rings. The molecule has 0 radical (unpaired) electrons. The van der Waals surface area contributed by atoms with E-state index < -0.39 is 11.4 Å². The van der Waals surface area contributed by atoms with Crippen molar-refractivity contribution in [3.8, 4) is 0 Å². The van der Waals surface area contributed by atoms with Gasteiger partial charge in [-0.3, -0.25) is 0 Å². The standard InChI is InChI=1S/C9H4ClFO2/c10-8-5-3-4-13-9(12)6(5)1-2-7(8)11/h1-4H. The molecule has 2 aromatic rings. The molecule has 0 amide bonds. The average molecular weight is 199 g/mol. The molecule has 2 nitrogen and oxygen atoms in total. The monoisotopic (exact) mass is 198 g/mol. The van der Waals surface area contributed by atoms with E-state index in [0.29, 0.717) is 5.39 Å². The van der Waals surface area contributed by atoms with Crippen molar-refractivity contribution in [3.63, 3.8) is 0 Å². The minimum Gasteiger partial charge on any atom is -0.431 e. The van der Waals surface area contributed by atoms with Crippen molar-refractivity contribution in [2.45, 2.75) is 0 Å². The Morgan fingerprint density at radius 3 is 2.77 bits per heavy atom. The highest BCUT2D eigenvalue weighted by atomic mass is 35.5. The number of fused-ring (bicyclic) bond motifs is 1. The minimum atomic E-state index is -0.542. The second kappa shape index (κ2) is 2.85. The summed E-state index contributed by atoms with van der Waals surface area (Å²) in [6.07, 6.45) is 1.19. The van der Waals surface area contributed by atoms with Gasteiger partial charge in [-0.05, 0) is 18.2 Å². The quantitative estimate of drug-likeness (QED) is 0.651. The number of halogens is 2. The lowest BCUT2D eigenvalue weighted by Gasteiger charge is -1.98. The maximum atomic E-state index is 12.9. The van der Waals surface area contributed by atoms with Crippen LogP contribution in [0.3, 0.4) is 0 Å². The molecule has 1 heterocycles. The third kappa shape index (κ3) is 1.21. The summed E-state index contributed by atoms with van der Waals surface area (Å²) in [7, 11) is 0. The summed E-state index contributed by atoms with van der Waals surface area (Å²) in [6.45, 7) is 0. The average Bonchev–Trinajstić information content (AvgIpc) is 2.12. The van der Waals surface area contributed by atoms with Crippen LogP contribution in [-0.2, 0) is 0 Å². The van der Waals surface area contributed by atoms with Gasteiger partial charge in [-0.25, -0.2) is 9.18 Å². The molecule has 1 aromatic carbocycles. The van der Waals surface area contributed by atoms with Gasteiger partial charge < -0.3 is 4.42 Å². The number of benzene rings is 1. The zero-order chi connectivity index (χ0) is 9.42. The Hall–Kier alpha value is -1.35. The Labute approximate surface area is 77.5 Å². The smallest absolute Gasteiger partial charge is 0.343 e. The fourth-order valence-corrected chi connectivity index (χ4v) is 1.36. The second-order valence-corrected chi connectivity index (χ2v) is 2.91. The molecule has 0 saturated heterocycles. The highest BCUT2D eigenvalue weighted by molar-refractivity contribution is 6.35. The third-order valence-corrected chi connectivity index (χ3v) is 2.15. The first kappa shape index (κ1) is 8.26. The van der Waals surface area contributed by atoms with Crippen molar-refractivity contribution in [2.24, 2.45) is 0 Å². The van der Waals surface area contributed by atoms with Crippen molar-refractivity contribution < 1.29 is 8.81 Å². The highest BCUT2D eigenvalue weighted by Crippen LogP contribution is 2.23. The fraction of sp³-hybridized carbons (Fsp3) is 0. The molecule has 0 unspecified atom stereocenters. The van der Waals surface area contributed by atoms with E-state index in [0.717, 1.165) is 6.07 Å². The zero-order valence-electron chi connectivity index (χ0n) is 6.38. The second-order valence-electron chi connectivity index (χ2n) is 2.53. The van der Waals surface area contributed by atoms with Crippen molar-refractivity contribution in [3.05, 3.63) is 45.7 Å². The molecular weight excluding hydrogens is 195 g/mol. The Bertz CT molecular complexity index is 518. The molecule has 0 spiro atoms. The predicted octanol–water partition coefficient (Wildman–Crippen LogP) is 2.59. The lowest BCUT2D eigenvalue weighted by Crippen LogP contribution is -1.98. The Balaban J connectivity index is 3.03. The lowest BCUT2D eigenvalue weighted by atomic mass is 10.2. The summed E-state index contributed by atoms with van der Waals surface area (Å²) >= 11 is 5.64. The van der Waals surface area contributed by atoms with Crippen LogP contribution in [0.5, 0.6) is 0 Å². The maximum absolute atomic E-state index is 12.9. The first-order valence-electron chi connectivity index (χ1n) is 3.55. The Morgan fingerprint density at radius 2 is 2.00 bits per heavy atom. The molecule has 0 atom stereocenters. The van der Waals surface area contributed by atoms with Gasteiger partial charge in [0.1, 0.15) is 5.82 Å². The molecule has 0 aliphatic carbocycles. The molecule has 1 aromatic heterocycles. The third-order valence-electron chi connectivity index (χ3n) is 1.76. The van der Waals surface area contributed by atoms with E-state index >= 15 is 0 Å². The summed E-state index contributed by atoms with van der Waals surface area (Å²) in [4.78, 5) is 11.1. The highest BCUT2D eigenvalue weighted by Gasteiger charge is 2.07. The van der Waals surface area contributed by atoms with Crippen molar-refractivity contribution >= 4 is 22.4 Å². The van der Waals surface area contributed by atoms with Gasteiger partial charge in [0.2, 0.25) is 0 Å². The lowest BCUT2D eigenvalue weighted by molar-refractivity contribution is 0.519. The molecule has 13 heavy (non-hydrogen) atoms. The van der Waals surface area contributed by atoms with Gasteiger partial charge >= 0.3 is 5.63 Å². The van der Waals surface area contributed by atoms with Crippen LogP contribution in [0.25, 0.3) is 10.8 Å². The summed E-state index contributed by atoms with van der Waals surface area (Å²) in [6, 6.07) is 3.95. The SMILES string of the molecule is O=c1occc2c(Cl)c(F)ccc12. The van der Waals surface area contributed by atoms with Crippen molar-refractivity contribution in [1.82, 2.24) is 0 Å². The van der Waals surface area contributed by atoms with Gasteiger partial charge in [0.05, 0.1) is 16.7 Å². The van der Waals surface area contributed by atoms with Crippen molar-refractivity contribution in [1.29, 1.82) is 0 Å². The number of hydrogen-bond acceptors (Lipinski definition) is 2. The van der Waals surface area contributed by atoms with Gasteiger partial charge in [0.15, 0.2) is 0 Å². The van der Waals surface area contributed by atoms with Crippen LogP contribution in [0.2, 0.25) is 5.02 Å². The van der Waals surface area contributed by atoms with E-state index in [1.54, 1.807) is 0 Å². The molecule has 0 saturated carbocycles. The predicted molar refractivity (Wildman–Crippen MR) is 47.5 cm³/mol. The number of hydrogen-bond donors (Lipinski definition) is 0. The minimum absolute atomic E-state index is 0.0506. The van der Waals surface area contributed by atoms with Crippen LogP contribution in [0.1, 0.15) is 0 Å². The molecule has 0 N–H and O–H groups in total. The normalized spacial score (nSPS) is 10.6. The van der Waals surface area contributed by atoms with Crippen LogP contribution in [-0.4, -0.2) is 0 Å². The molecule has 0 aliphatic rings. The Morgan fingerprint density at radius 1 is 1.23 bits per heavy atom. The summed E-state index contributed by atoms with van der Waals surface area (Å²) in [5.41, 5.74) is -0.514. The van der Waals surface area contributed by atoms with E-state index in [2.05, 4.69) is 4.42 Å².